The molecule has 3 aromatic rings. The van der Waals surface area contributed by atoms with Crippen LogP contribution in [0, 0.1) is 6.92 Å². The van der Waals surface area contributed by atoms with Crippen molar-refractivity contribution in [2.75, 3.05) is 5.32 Å². The van der Waals surface area contributed by atoms with Crippen molar-refractivity contribution in [3.05, 3.63) is 63.8 Å². The molecule has 0 saturated carbocycles. The van der Waals surface area contributed by atoms with Crippen LogP contribution in [0.25, 0.3) is 10.6 Å². The molecular formula is C16H12BrN3OS. The van der Waals surface area contributed by atoms with Crippen molar-refractivity contribution in [2.24, 2.45) is 0 Å². The molecule has 0 bridgehead atoms. The topological polar surface area (TPSA) is 54.9 Å². The number of hydrogen-bond donors (Lipinski definition) is 1. The molecule has 0 radical (unpaired) electrons. The first-order valence-corrected chi connectivity index (χ1v) is 8.19. The van der Waals surface area contributed by atoms with Gasteiger partial charge in [-0.15, -0.1) is 11.3 Å². The van der Waals surface area contributed by atoms with Crippen LogP contribution in [0.15, 0.2) is 53.3 Å². The summed E-state index contributed by atoms with van der Waals surface area (Å²) < 4.78 is 0.919. The van der Waals surface area contributed by atoms with Gasteiger partial charge in [-0.1, -0.05) is 22.0 Å². The third-order valence-corrected chi connectivity index (χ3v) is 4.69. The molecule has 0 aliphatic rings. The predicted molar refractivity (Wildman–Crippen MR) is 92.2 cm³/mol. The van der Waals surface area contributed by atoms with E-state index in [0.717, 1.165) is 26.4 Å². The zero-order chi connectivity index (χ0) is 15.5. The number of anilines is 1. The van der Waals surface area contributed by atoms with Gasteiger partial charge in [-0.2, -0.15) is 0 Å². The minimum atomic E-state index is -0.150. The normalized spacial score (nSPS) is 10.5. The van der Waals surface area contributed by atoms with Gasteiger partial charge in [0, 0.05) is 28.1 Å². The van der Waals surface area contributed by atoms with Crippen LogP contribution in [0.1, 0.15) is 15.4 Å². The standard InChI is InChI=1S/C16H12BrN3OS/c1-10-14(15(21)20-13-6-2-5-12(17)8-13)22-16(19-10)11-4-3-7-18-9-11/h2-9H,1H3,(H,20,21). The van der Waals surface area contributed by atoms with Gasteiger partial charge in [0.05, 0.1) is 5.69 Å². The van der Waals surface area contributed by atoms with Crippen molar-refractivity contribution in [2.45, 2.75) is 6.92 Å². The summed E-state index contributed by atoms with van der Waals surface area (Å²) >= 11 is 4.76. The van der Waals surface area contributed by atoms with E-state index in [1.165, 1.54) is 11.3 Å². The predicted octanol–water partition coefficient (Wildman–Crippen LogP) is 4.53. The summed E-state index contributed by atoms with van der Waals surface area (Å²) in [7, 11) is 0. The molecule has 0 atom stereocenters. The second kappa shape index (κ2) is 6.37. The molecule has 0 spiro atoms. The van der Waals surface area contributed by atoms with E-state index < -0.39 is 0 Å². The fourth-order valence-corrected chi connectivity index (χ4v) is 3.32. The number of nitrogens with one attached hydrogen (secondary N) is 1. The molecule has 6 heteroatoms. The largest absolute Gasteiger partial charge is 0.321 e. The molecule has 0 fully saturated rings. The molecule has 3 rings (SSSR count). The average Bonchev–Trinajstić information content (AvgIpc) is 2.90. The number of rotatable bonds is 3. The molecule has 0 unspecified atom stereocenters. The molecule has 2 heterocycles. The highest BCUT2D eigenvalue weighted by Gasteiger charge is 2.16. The Morgan fingerprint density at radius 1 is 1.27 bits per heavy atom. The Hall–Kier alpha value is -2.05. The number of carbonyl (C=O) groups excluding carboxylic acids is 1. The smallest absolute Gasteiger partial charge is 0.267 e. The third-order valence-electron chi connectivity index (χ3n) is 2.99. The highest BCUT2D eigenvalue weighted by Crippen LogP contribution is 2.28. The number of aromatic nitrogens is 2. The minimum Gasteiger partial charge on any atom is -0.321 e. The van der Waals surface area contributed by atoms with E-state index in [2.05, 4.69) is 31.2 Å². The first-order chi connectivity index (χ1) is 10.6. The molecule has 22 heavy (non-hydrogen) atoms. The van der Waals surface area contributed by atoms with Crippen molar-refractivity contribution in [1.82, 2.24) is 9.97 Å². The highest BCUT2D eigenvalue weighted by atomic mass is 79.9. The van der Waals surface area contributed by atoms with E-state index in [4.69, 9.17) is 0 Å². The van der Waals surface area contributed by atoms with Crippen LogP contribution >= 0.6 is 27.3 Å². The number of carbonyl (C=O) groups is 1. The van der Waals surface area contributed by atoms with Crippen LogP contribution in [-0.4, -0.2) is 15.9 Å². The second-order valence-corrected chi connectivity index (χ2v) is 6.55. The first-order valence-electron chi connectivity index (χ1n) is 6.58. The molecule has 2 aromatic heterocycles. The lowest BCUT2D eigenvalue weighted by Gasteiger charge is -2.04. The van der Waals surface area contributed by atoms with Crippen LogP contribution in [-0.2, 0) is 0 Å². The fourth-order valence-electron chi connectivity index (χ4n) is 1.97. The van der Waals surface area contributed by atoms with E-state index >= 15 is 0 Å². The Morgan fingerprint density at radius 2 is 2.14 bits per heavy atom. The first kappa shape index (κ1) is 14.9. The van der Waals surface area contributed by atoms with E-state index in [0.29, 0.717) is 4.88 Å². The Bertz CT molecular complexity index is 817. The quantitative estimate of drug-likeness (QED) is 0.733. The number of amides is 1. The van der Waals surface area contributed by atoms with Gasteiger partial charge in [-0.05, 0) is 37.3 Å². The van der Waals surface area contributed by atoms with Crippen molar-refractivity contribution in [3.8, 4) is 10.6 Å². The molecule has 1 amide bonds. The third kappa shape index (κ3) is 3.23. The number of benzene rings is 1. The molecule has 1 aromatic carbocycles. The summed E-state index contributed by atoms with van der Waals surface area (Å²) in [4.78, 5) is 21.6. The number of pyridine rings is 1. The lowest BCUT2D eigenvalue weighted by molar-refractivity contribution is 0.103. The van der Waals surface area contributed by atoms with Crippen molar-refractivity contribution < 1.29 is 4.79 Å². The van der Waals surface area contributed by atoms with Gasteiger partial charge in [0.25, 0.3) is 5.91 Å². The Kier molecular flexibility index (Phi) is 4.31. The zero-order valence-electron chi connectivity index (χ0n) is 11.7. The molecular weight excluding hydrogens is 362 g/mol. The Morgan fingerprint density at radius 3 is 2.86 bits per heavy atom. The number of nitrogens with zero attached hydrogens (tertiary/aromatic N) is 2. The SMILES string of the molecule is Cc1nc(-c2cccnc2)sc1C(=O)Nc1cccc(Br)c1. The molecule has 0 aliphatic carbocycles. The van der Waals surface area contributed by atoms with Gasteiger partial charge in [0.2, 0.25) is 0 Å². The maximum atomic E-state index is 12.4. The van der Waals surface area contributed by atoms with Crippen molar-refractivity contribution in [3.63, 3.8) is 0 Å². The summed E-state index contributed by atoms with van der Waals surface area (Å²) in [6.07, 6.45) is 3.46. The van der Waals surface area contributed by atoms with Gasteiger partial charge in [0.15, 0.2) is 0 Å². The summed E-state index contributed by atoms with van der Waals surface area (Å²) in [6, 6.07) is 11.3. The number of aryl methyl sites for hydroxylation is 1. The van der Waals surface area contributed by atoms with E-state index in [9.17, 15) is 4.79 Å². The number of thiazole rings is 1. The van der Waals surface area contributed by atoms with Gasteiger partial charge < -0.3 is 5.32 Å². The average molecular weight is 374 g/mol. The Labute approximate surface area is 140 Å². The van der Waals surface area contributed by atoms with Crippen LogP contribution in [0.3, 0.4) is 0 Å². The molecule has 1 N–H and O–H groups in total. The number of hydrogen-bond acceptors (Lipinski definition) is 4. The molecule has 110 valence electrons. The summed E-state index contributed by atoms with van der Waals surface area (Å²) in [5.41, 5.74) is 2.38. The number of halogens is 1. The van der Waals surface area contributed by atoms with Crippen LogP contribution in [0.4, 0.5) is 5.69 Å². The molecule has 0 aliphatic heterocycles. The minimum absolute atomic E-state index is 0.150. The summed E-state index contributed by atoms with van der Waals surface area (Å²) in [5.74, 6) is -0.150. The van der Waals surface area contributed by atoms with Crippen molar-refractivity contribution in [1.29, 1.82) is 0 Å². The van der Waals surface area contributed by atoms with Gasteiger partial charge in [-0.25, -0.2) is 4.98 Å². The van der Waals surface area contributed by atoms with Gasteiger partial charge in [-0.3, -0.25) is 9.78 Å². The lowest BCUT2D eigenvalue weighted by atomic mass is 10.3. The zero-order valence-corrected chi connectivity index (χ0v) is 14.1. The van der Waals surface area contributed by atoms with Crippen LogP contribution < -0.4 is 5.32 Å². The van der Waals surface area contributed by atoms with Crippen LogP contribution in [0.5, 0.6) is 0 Å². The lowest BCUT2D eigenvalue weighted by Crippen LogP contribution is -2.11. The van der Waals surface area contributed by atoms with Gasteiger partial charge >= 0.3 is 0 Å². The van der Waals surface area contributed by atoms with Crippen molar-refractivity contribution >= 4 is 38.9 Å². The van der Waals surface area contributed by atoms with E-state index in [1.54, 1.807) is 12.4 Å². The summed E-state index contributed by atoms with van der Waals surface area (Å²) in [5, 5.41) is 3.69. The highest BCUT2D eigenvalue weighted by molar-refractivity contribution is 9.10. The van der Waals surface area contributed by atoms with E-state index in [1.807, 2.05) is 43.3 Å². The maximum absolute atomic E-state index is 12.4. The Balaban J connectivity index is 1.86. The van der Waals surface area contributed by atoms with Crippen LogP contribution in [0.2, 0.25) is 0 Å². The van der Waals surface area contributed by atoms with Gasteiger partial charge in [0.1, 0.15) is 9.88 Å². The second-order valence-electron chi connectivity index (χ2n) is 4.64. The monoisotopic (exact) mass is 373 g/mol. The molecule has 4 nitrogen and oxygen atoms in total. The molecule has 0 saturated heterocycles. The van der Waals surface area contributed by atoms with E-state index in [-0.39, 0.29) is 5.91 Å². The fraction of sp³-hybridized carbons (Fsp3) is 0.0625. The maximum Gasteiger partial charge on any atom is 0.267 e. The summed E-state index contributed by atoms with van der Waals surface area (Å²) in [6.45, 7) is 1.84.